The highest BCUT2D eigenvalue weighted by Gasteiger charge is 2.29. The Labute approximate surface area is 94.1 Å². The Bertz CT molecular complexity index is 352. The van der Waals surface area contributed by atoms with Crippen LogP contribution in [0.2, 0.25) is 0 Å². The third-order valence-electron chi connectivity index (χ3n) is 2.68. The molecule has 0 aliphatic heterocycles. The molecule has 86 valence electrons. The van der Waals surface area contributed by atoms with Gasteiger partial charge in [0, 0.05) is 25.3 Å². The van der Waals surface area contributed by atoms with E-state index >= 15 is 0 Å². The van der Waals surface area contributed by atoms with Crippen LogP contribution in [0.5, 0.6) is 0 Å². The third-order valence-corrected chi connectivity index (χ3v) is 2.68. The fourth-order valence-electron chi connectivity index (χ4n) is 1.69. The third kappa shape index (κ3) is 3.27. The number of nitrogens with zero attached hydrogens (tertiary/aromatic N) is 3. The van der Waals surface area contributed by atoms with E-state index in [4.69, 9.17) is 5.11 Å². The normalized spacial score (nSPS) is 15.3. The number of carboxylic acids is 1. The number of hydrogen-bond acceptors (Lipinski definition) is 4. The number of rotatable bonds is 6. The van der Waals surface area contributed by atoms with Crippen LogP contribution in [0.3, 0.4) is 0 Å². The molecule has 0 aromatic carbocycles. The van der Waals surface area contributed by atoms with Gasteiger partial charge in [0.15, 0.2) is 0 Å². The summed E-state index contributed by atoms with van der Waals surface area (Å²) in [5.41, 5.74) is 0.951. The van der Waals surface area contributed by atoms with Crippen LogP contribution in [0.1, 0.15) is 25.0 Å². The minimum absolute atomic E-state index is 0.196. The molecule has 1 aliphatic rings. The molecule has 2 rings (SSSR count). The van der Waals surface area contributed by atoms with Gasteiger partial charge in [-0.3, -0.25) is 9.69 Å². The van der Waals surface area contributed by atoms with Crippen LogP contribution in [-0.2, 0) is 11.3 Å². The number of aromatic nitrogens is 2. The molecule has 0 radical (unpaired) electrons. The zero-order chi connectivity index (χ0) is 11.4. The van der Waals surface area contributed by atoms with Crippen LogP contribution < -0.4 is 0 Å². The molecule has 1 N–H and O–H groups in total. The Hall–Kier alpha value is -1.49. The standard InChI is InChI=1S/C11H15N3O2/c15-11(16)4-6-14(10-1-2-10)7-9-3-5-12-8-13-9/h3,5,8,10H,1-2,4,6-7H2,(H,15,16). The highest BCUT2D eigenvalue weighted by atomic mass is 16.4. The molecule has 0 amide bonds. The van der Waals surface area contributed by atoms with E-state index < -0.39 is 5.97 Å². The van der Waals surface area contributed by atoms with E-state index in [0.717, 1.165) is 12.2 Å². The van der Waals surface area contributed by atoms with E-state index in [2.05, 4.69) is 14.9 Å². The lowest BCUT2D eigenvalue weighted by atomic mass is 10.3. The van der Waals surface area contributed by atoms with Crippen molar-refractivity contribution in [1.82, 2.24) is 14.9 Å². The van der Waals surface area contributed by atoms with Gasteiger partial charge in [-0.05, 0) is 18.9 Å². The highest BCUT2D eigenvalue weighted by molar-refractivity contribution is 5.66. The van der Waals surface area contributed by atoms with Crippen molar-refractivity contribution in [3.63, 3.8) is 0 Å². The molecule has 1 aromatic rings. The van der Waals surface area contributed by atoms with Crippen molar-refractivity contribution in [2.45, 2.75) is 31.8 Å². The van der Waals surface area contributed by atoms with E-state index in [1.54, 1.807) is 6.20 Å². The van der Waals surface area contributed by atoms with Crippen LogP contribution in [0.4, 0.5) is 0 Å². The van der Waals surface area contributed by atoms with Crippen molar-refractivity contribution in [2.75, 3.05) is 6.54 Å². The van der Waals surface area contributed by atoms with E-state index in [1.807, 2.05) is 6.07 Å². The molecule has 1 saturated carbocycles. The van der Waals surface area contributed by atoms with Gasteiger partial charge in [-0.25, -0.2) is 9.97 Å². The predicted octanol–water partition coefficient (Wildman–Crippen LogP) is 0.916. The maximum Gasteiger partial charge on any atom is 0.304 e. The number of aliphatic carboxylic acids is 1. The molecule has 1 aromatic heterocycles. The van der Waals surface area contributed by atoms with Gasteiger partial charge in [0.25, 0.3) is 0 Å². The van der Waals surface area contributed by atoms with Crippen LogP contribution >= 0.6 is 0 Å². The molecular weight excluding hydrogens is 206 g/mol. The topological polar surface area (TPSA) is 66.3 Å². The quantitative estimate of drug-likeness (QED) is 0.773. The molecular formula is C11H15N3O2. The van der Waals surface area contributed by atoms with E-state index in [0.29, 0.717) is 12.6 Å². The van der Waals surface area contributed by atoms with Crippen LogP contribution in [0.15, 0.2) is 18.6 Å². The first kappa shape index (κ1) is 11.0. The lowest BCUT2D eigenvalue weighted by molar-refractivity contribution is -0.137. The van der Waals surface area contributed by atoms with Crippen molar-refractivity contribution in [3.8, 4) is 0 Å². The van der Waals surface area contributed by atoms with Gasteiger partial charge in [0.2, 0.25) is 0 Å². The Balaban J connectivity index is 1.90. The summed E-state index contributed by atoms with van der Waals surface area (Å²) < 4.78 is 0. The zero-order valence-electron chi connectivity index (χ0n) is 9.04. The fraction of sp³-hybridized carbons (Fsp3) is 0.545. The maximum atomic E-state index is 10.5. The van der Waals surface area contributed by atoms with Crippen molar-refractivity contribution in [2.24, 2.45) is 0 Å². The summed E-state index contributed by atoms with van der Waals surface area (Å²) in [5, 5.41) is 8.68. The van der Waals surface area contributed by atoms with Crippen molar-refractivity contribution in [3.05, 3.63) is 24.3 Å². The van der Waals surface area contributed by atoms with Crippen molar-refractivity contribution in [1.29, 1.82) is 0 Å². The lowest BCUT2D eigenvalue weighted by Crippen LogP contribution is -2.28. The summed E-state index contributed by atoms with van der Waals surface area (Å²) in [6, 6.07) is 2.42. The molecule has 0 unspecified atom stereocenters. The molecule has 1 fully saturated rings. The molecule has 0 bridgehead atoms. The Morgan fingerprint density at radius 2 is 2.38 bits per heavy atom. The molecule has 1 heterocycles. The van der Waals surface area contributed by atoms with Gasteiger partial charge in [0.05, 0.1) is 12.1 Å². The summed E-state index contributed by atoms with van der Waals surface area (Å²) in [7, 11) is 0. The SMILES string of the molecule is O=C(O)CCN(Cc1ccncn1)C1CC1. The first-order valence-electron chi connectivity index (χ1n) is 5.46. The predicted molar refractivity (Wildman–Crippen MR) is 57.7 cm³/mol. The average molecular weight is 221 g/mol. The van der Waals surface area contributed by atoms with Crippen LogP contribution in [0, 0.1) is 0 Å². The Kier molecular flexibility index (Phi) is 3.46. The summed E-state index contributed by atoms with van der Waals surface area (Å²) in [6.07, 6.45) is 5.78. The van der Waals surface area contributed by atoms with Crippen LogP contribution in [0.25, 0.3) is 0 Å². The smallest absolute Gasteiger partial charge is 0.304 e. The number of hydrogen-bond donors (Lipinski definition) is 1. The first-order valence-corrected chi connectivity index (χ1v) is 5.46. The van der Waals surface area contributed by atoms with E-state index in [-0.39, 0.29) is 6.42 Å². The van der Waals surface area contributed by atoms with Gasteiger partial charge in [-0.15, -0.1) is 0 Å². The largest absolute Gasteiger partial charge is 0.481 e. The molecule has 0 saturated heterocycles. The van der Waals surface area contributed by atoms with E-state index in [1.165, 1.54) is 19.2 Å². The monoisotopic (exact) mass is 221 g/mol. The fourth-order valence-corrected chi connectivity index (χ4v) is 1.69. The molecule has 1 aliphatic carbocycles. The molecule has 16 heavy (non-hydrogen) atoms. The summed E-state index contributed by atoms with van der Waals surface area (Å²) in [4.78, 5) is 20.8. The van der Waals surface area contributed by atoms with Crippen molar-refractivity contribution >= 4 is 5.97 Å². The average Bonchev–Trinajstić information content (AvgIpc) is 3.09. The Morgan fingerprint density at radius 3 is 2.94 bits per heavy atom. The second-order valence-corrected chi connectivity index (χ2v) is 4.05. The highest BCUT2D eigenvalue weighted by Crippen LogP contribution is 2.27. The lowest BCUT2D eigenvalue weighted by Gasteiger charge is -2.20. The van der Waals surface area contributed by atoms with Crippen molar-refractivity contribution < 1.29 is 9.90 Å². The summed E-state index contributed by atoms with van der Waals surface area (Å²) in [6.45, 7) is 1.32. The first-order chi connectivity index (χ1) is 7.75. The summed E-state index contributed by atoms with van der Waals surface area (Å²) in [5.74, 6) is -0.742. The van der Waals surface area contributed by atoms with Gasteiger partial charge in [-0.2, -0.15) is 0 Å². The van der Waals surface area contributed by atoms with Crippen LogP contribution in [-0.4, -0.2) is 38.5 Å². The number of carbonyl (C=O) groups is 1. The van der Waals surface area contributed by atoms with Gasteiger partial charge in [0.1, 0.15) is 6.33 Å². The van der Waals surface area contributed by atoms with E-state index in [9.17, 15) is 4.79 Å². The minimum Gasteiger partial charge on any atom is -0.481 e. The molecule has 5 heteroatoms. The Morgan fingerprint density at radius 1 is 1.56 bits per heavy atom. The van der Waals surface area contributed by atoms with Gasteiger partial charge >= 0.3 is 5.97 Å². The molecule has 5 nitrogen and oxygen atoms in total. The second kappa shape index (κ2) is 5.03. The second-order valence-electron chi connectivity index (χ2n) is 4.05. The number of carboxylic acid groups (broad SMARTS) is 1. The molecule has 0 spiro atoms. The van der Waals surface area contributed by atoms with Gasteiger partial charge in [-0.1, -0.05) is 0 Å². The summed E-state index contributed by atoms with van der Waals surface area (Å²) >= 11 is 0. The maximum absolute atomic E-state index is 10.5. The molecule has 0 atom stereocenters. The minimum atomic E-state index is -0.742. The van der Waals surface area contributed by atoms with Gasteiger partial charge < -0.3 is 5.11 Å². The zero-order valence-corrected chi connectivity index (χ0v) is 9.04.